The maximum Gasteiger partial charge on any atom is 0.418 e. The zero-order valence-corrected chi connectivity index (χ0v) is 12.1. The summed E-state index contributed by atoms with van der Waals surface area (Å²) in [7, 11) is 0. The molecule has 0 aromatic heterocycles. The van der Waals surface area contributed by atoms with Crippen molar-refractivity contribution in [3.05, 3.63) is 59.2 Å². The minimum absolute atomic E-state index is 0.143. The molecular formula is C17H12F3NO2. The quantitative estimate of drug-likeness (QED) is 0.910. The van der Waals surface area contributed by atoms with Gasteiger partial charge in [-0.05, 0) is 23.6 Å². The van der Waals surface area contributed by atoms with Crippen molar-refractivity contribution in [3.8, 4) is 17.2 Å². The highest BCUT2D eigenvalue weighted by Gasteiger charge is 2.38. The van der Waals surface area contributed by atoms with Crippen molar-refractivity contribution in [3.63, 3.8) is 0 Å². The van der Waals surface area contributed by atoms with E-state index in [9.17, 15) is 23.2 Å². The zero-order valence-electron chi connectivity index (χ0n) is 12.1. The molecule has 2 rings (SSSR count). The van der Waals surface area contributed by atoms with Gasteiger partial charge >= 0.3 is 12.1 Å². The number of nitriles is 1. The predicted octanol–water partition coefficient (Wildman–Crippen LogP) is 4.43. The topological polar surface area (TPSA) is 61.1 Å². The first-order valence-electron chi connectivity index (χ1n) is 6.69. The van der Waals surface area contributed by atoms with E-state index in [2.05, 4.69) is 0 Å². The van der Waals surface area contributed by atoms with Gasteiger partial charge in [0.25, 0.3) is 0 Å². The first-order valence-corrected chi connectivity index (χ1v) is 6.69. The molecule has 3 nitrogen and oxygen atoms in total. The molecule has 2 aromatic carbocycles. The van der Waals surface area contributed by atoms with Gasteiger partial charge in [-0.3, -0.25) is 4.79 Å². The van der Waals surface area contributed by atoms with Crippen molar-refractivity contribution in [2.75, 3.05) is 0 Å². The first kappa shape index (κ1) is 16.6. The summed E-state index contributed by atoms with van der Waals surface area (Å²) in [5, 5.41) is 18.3. The Morgan fingerprint density at radius 2 is 1.78 bits per heavy atom. The van der Waals surface area contributed by atoms with Crippen LogP contribution in [0.3, 0.4) is 0 Å². The largest absolute Gasteiger partial charge is 0.481 e. The van der Waals surface area contributed by atoms with Gasteiger partial charge in [-0.1, -0.05) is 42.5 Å². The highest BCUT2D eigenvalue weighted by molar-refractivity contribution is 5.79. The smallest absolute Gasteiger partial charge is 0.418 e. The van der Waals surface area contributed by atoms with Crippen LogP contribution in [0.15, 0.2) is 42.5 Å². The fraction of sp³-hybridized carbons (Fsp3) is 0.176. The van der Waals surface area contributed by atoms with Crippen molar-refractivity contribution >= 4 is 5.97 Å². The minimum Gasteiger partial charge on any atom is -0.481 e. The molecule has 0 heterocycles. The van der Waals surface area contributed by atoms with Crippen molar-refractivity contribution < 1.29 is 23.1 Å². The van der Waals surface area contributed by atoms with E-state index >= 15 is 0 Å². The molecule has 0 bridgehead atoms. The third kappa shape index (κ3) is 3.19. The maximum absolute atomic E-state index is 13.5. The Bertz CT molecular complexity index is 777. The number of hydrogen-bond donors (Lipinski definition) is 1. The second-order valence-corrected chi connectivity index (χ2v) is 4.99. The number of halogens is 3. The van der Waals surface area contributed by atoms with Crippen LogP contribution >= 0.6 is 0 Å². The normalized spacial score (nSPS) is 12.5. The van der Waals surface area contributed by atoms with Crippen molar-refractivity contribution in [2.24, 2.45) is 0 Å². The van der Waals surface area contributed by atoms with Gasteiger partial charge < -0.3 is 5.11 Å². The highest BCUT2D eigenvalue weighted by atomic mass is 19.4. The van der Waals surface area contributed by atoms with Gasteiger partial charge in [-0.2, -0.15) is 18.4 Å². The number of alkyl halides is 3. The summed E-state index contributed by atoms with van der Waals surface area (Å²) in [6.45, 7) is 1.25. The molecule has 0 aliphatic heterocycles. The molecule has 1 atom stereocenters. The summed E-state index contributed by atoms with van der Waals surface area (Å²) in [5.41, 5.74) is -1.72. The van der Waals surface area contributed by atoms with Crippen LogP contribution in [0.5, 0.6) is 0 Å². The summed E-state index contributed by atoms with van der Waals surface area (Å²) in [6.07, 6.45) is -4.77. The van der Waals surface area contributed by atoms with Crippen LogP contribution in [0.2, 0.25) is 0 Å². The van der Waals surface area contributed by atoms with E-state index in [0.717, 1.165) is 0 Å². The van der Waals surface area contributed by atoms with Crippen LogP contribution in [0.25, 0.3) is 11.1 Å². The standard InChI is InChI=1S/C17H12F3NO2/c1-10(16(22)23)12-7-8-13(11-5-3-2-4-6-11)15(14(12)9-21)17(18,19)20/h2-8,10H,1H3,(H,22,23). The molecule has 118 valence electrons. The lowest BCUT2D eigenvalue weighted by Crippen LogP contribution is -2.16. The monoisotopic (exact) mass is 319 g/mol. The summed E-state index contributed by atoms with van der Waals surface area (Å²) < 4.78 is 40.6. The highest BCUT2D eigenvalue weighted by Crippen LogP contribution is 2.41. The molecule has 0 aliphatic rings. The summed E-state index contributed by atoms with van der Waals surface area (Å²) in [5.74, 6) is -2.50. The average Bonchev–Trinajstić information content (AvgIpc) is 2.52. The van der Waals surface area contributed by atoms with Crippen molar-refractivity contribution in [2.45, 2.75) is 19.0 Å². The van der Waals surface area contributed by atoms with Crippen LogP contribution < -0.4 is 0 Å². The molecule has 0 spiro atoms. The van der Waals surface area contributed by atoms with Gasteiger partial charge in [0.2, 0.25) is 0 Å². The van der Waals surface area contributed by atoms with Crippen molar-refractivity contribution in [1.82, 2.24) is 0 Å². The number of aliphatic carboxylic acids is 1. The number of hydrogen-bond acceptors (Lipinski definition) is 2. The Hall–Kier alpha value is -2.81. The molecular weight excluding hydrogens is 307 g/mol. The molecule has 6 heteroatoms. The molecule has 0 saturated carbocycles. The number of carboxylic acids is 1. The Morgan fingerprint density at radius 1 is 1.17 bits per heavy atom. The molecule has 2 aromatic rings. The predicted molar refractivity (Wildman–Crippen MR) is 77.6 cm³/mol. The number of benzene rings is 2. The van der Waals surface area contributed by atoms with Gasteiger partial charge in [0.05, 0.1) is 17.0 Å². The van der Waals surface area contributed by atoms with Crippen LogP contribution in [0.4, 0.5) is 13.2 Å². The summed E-state index contributed by atoms with van der Waals surface area (Å²) in [4.78, 5) is 11.1. The van der Waals surface area contributed by atoms with Crippen LogP contribution in [-0.2, 0) is 11.0 Å². The van der Waals surface area contributed by atoms with Crippen LogP contribution in [-0.4, -0.2) is 11.1 Å². The summed E-state index contributed by atoms with van der Waals surface area (Å²) >= 11 is 0. The van der Waals surface area contributed by atoms with E-state index in [-0.39, 0.29) is 11.1 Å². The first-order chi connectivity index (χ1) is 10.8. The van der Waals surface area contributed by atoms with Crippen LogP contribution in [0, 0.1) is 11.3 Å². The van der Waals surface area contributed by atoms with E-state index in [0.29, 0.717) is 5.56 Å². The van der Waals surface area contributed by atoms with Crippen molar-refractivity contribution in [1.29, 1.82) is 5.26 Å². The van der Waals surface area contributed by atoms with E-state index in [4.69, 9.17) is 5.11 Å². The molecule has 0 amide bonds. The maximum atomic E-state index is 13.5. The van der Waals surface area contributed by atoms with Gasteiger partial charge in [-0.25, -0.2) is 0 Å². The Kier molecular flexibility index (Phi) is 4.41. The van der Waals surface area contributed by atoms with Gasteiger partial charge in [-0.15, -0.1) is 0 Å². The molecule has 0 fully saturated rings. The third-order valence-corrected chi connectivity index (χ3v) is 3.55. The van der Waals surface area contributed by atoms with E-state index in [1.165, 1.54) is 37.3 Å². The fourth-order valence-electron chi connectivity index (χ4n) is 2.39. The molecule has 1 unspecified atom stereocenters. The number of carbonyl (C=O) groups is 1. The number of carboxylic acid groups (broad SMARTS) is 1. The SMILES string of the molecule is CC(C(=O)O)c1ccc(-c2ccccc2)c(C(F)(F)F)c1C#N. The molecule has 23 heavy (non-hydrogen) atoms. The average molecular weight is 319 g/mol. The Morgan fingerprint density at radius 3 is 2.26 bits per heavy atom. The second kappa shape index (κ2) is 6.13. The molecule has 0 radical (unpaired) electrons. The second-order valence-electron chi connectivity index (χ2n) is 4.99. The van der Waals surface area contributed by atoms with E-state index in [1.54, 1.807) is 18.2 Å². The van der Waals surface area contributed by atoms with Gasteiger partial charge in [0.1, 0.15) is 6.07 Å². The molecule has 1 N–H and O–H groups in total. The molecule has 0 aliphatic carbocycles. The third-order valence-electron chi connectivity index (χ3n) is 3.55. The molecule has 0 saturated heterocycles. The lowest BCUT2D eigenvalue weighted by molar-refractivity contribution is -0.139. The van der Waals surface area contributed by atoms with E-state index in [1.807, 2.05) is 0 Å². The number of rotatable bonds is 3. The number of nitrogens with zero attached hydrogens (tertiary/aromatic N) is 1. The van der Waals surface area contributed by atoms with Gasteiger partial charge in [0, 0.05) is 0 Å². The Labute approximate surface area is 130 Å². The van der Waals surface area contributed by atoms with E-state index < -0.39 is 29.2 Å². The minimum atomic E-state index is -4.77. The Balaban J connectivity index is 2.82. The lowest BCUT2D eigenvalue weighted by atomic mass is 9.87. The zero-order chi connectivity index (χ0) is 17.2. The lowest BCUT2D eigenvalue weighted by Gasteiger charge is -2.19. The fourth-order valence-corrected chi connectivity index (χ4v) is 2.39. The van der Waals surface area contributed by atoms with Gasteiger partial charge in [0.15, 0.2) is 0 Å². The summed E-state index contributed by atoms with van der Waals surface area (Å²) in [6, 6.07) is 11.9. The van der Waals surface area contributed by atoms with Crippen LogP contribution in [0.1, 0.15) is 29.5 Å².